The summed E-state index contributed by atoms with van der Waals surface area (Å²) < 4.78 is 56.0. The van der Waals surface area contributed by atoms with Crippen LogP contribution >= 0.6 is 0 Å². The molecule has 0 saturated carbocycles. The number of nitrogens with two attached hydrogens (primary N) is 1. The van der Waals surface area contributed by atoms with E-state index in [2.05, 4.69) is 31.3 Å². The van der Waals surface area contributed by atoms with Gasteiger partial charge >= 0.3 is 5.97 Å². The Hall–Kier alpha value is -7.03. The number of nitrogens with one attached hydrogen (secondary N) is 2. The van der Waals surface area contributed by atoms with Crippen LogP contribution in [-0.4, -0.2) is 55.8 Å². The van der Waals surface area contributed by atoms with Crippen molar-refractivity contribution in [1.82, 2.24) is 0 Å². The number of anilines is 3. The Labute approximate surface area is 334 Å². The second kappa shape index (κ2) is 15.5. The van der Waals surface area contributed by atoms with Crippen molar-refractivity contribution in [3.8, 4) is 11.1 Å². The topological polar surface area (TPSA) is 263 Å². The van der Waals surface area contributed by atoms with E-state index in [4.69, 9.17) is 22.0 Å². The monoisotopic (exact) mass is 833 g/mol. The Bertz CT molecular complexity index is 3010. The molecular formula is C39H27N7O9S3. The predicted octanol–water partition coefficient (Wildman–Crippen LogP) is 6.89. The van der Waals surface area contributed by atoms with Gasteiger partial charge in [0, 0.05) is 27.6 Å². The molecule has 0 fully saturated rings. The van der Waals surface area contributed by atoms with Gasteiger partial charge < -0.3 is 15.4 Å². The molecule has 0 aromatic heterocycles. The fourth-order valence-corrected chi connectivity index (χ4v) is 7.56. The minimum atomic E-state index is -4.72. The number of rotatable bonds is 10. The third-order valence-corrected chi connectivity index (χ3v) is 11.0. The van der Waals surface area contributed by atoms with Crippen LogP contribution in [0.1, 0.15) is 15.9 Å². The van der Waals surface area contributed by atoms with E-state index in [-0.39, 0.29) is 28.1 Å². The predicted molar refractivity (Wildman–Crippen MR) is 223 cm³/mol. The van der Waals surface area contributed by atoms with Crippen molar-refractivity contribution in [2.75, 3.05) is 16.6 Å². The molecule has 0 heterocycles. The van der Waals surface area contributed by atoms with Gasteiger partial charge in [0.1, 0.15) is 11.3 Å². The number of hydrazone groups is 2. The zero-order chi connectivity index (χ0) is 41.4. The van der Waals surface area contributed by atoms with E-state index in [1.54, 1.807) is 60.7 Å². The molecule has 0 radical (unpaired) electrons. The van der Waals surface area contributed by atoms with E-state index in [9.17, 15) is 36.1 Å². The number of carboxylic acid groups (broad SMARTS) is 1. The maximum absolute atomic E-state index is 13.6. The molecule has 0 bridgehead atoms. The first-order valence-corrected chi connectivity index (χ1v) is 20.6. The van der Waals surface area contributed by atoms with E-state index >= 15 is 0 Å². The maximum Gasteiger partial charge on any atom is 0.339 e. The van der Waals surface area contributed by atoms with Crippen LogP contribution in [0.4, 0.5) is 28.4 Å². The molecule has 16 nitrogen and oxygen atoms in total. The van der Waals surface area contributed by atoms with Crippen molar-refractivity contribution in [2.45, 2.75) is 4.90 Å². The lowest BCUT2D eigenvalue weighted by atomic mass is 9.93. The van der Waals surface area contributed by atoms with E-state index < -0.39 is 51.9 Å². The first kappa shape index (κ1) is 39.2. The molecule has 1 unspecified atom stereocenters. The highest BCUT2D eigenvalue weighted by Gasteiger charge is 2.34. The molecular weight excluding hydrogens is 807 g/mol. The minimum Gasteiger partial charge on any atom is -0.478 e. The first-order chi connectivity index (χ1) is 27.6. The first-order valence-electron chi connectivity index (χ1n) is 16.7. The summed E-state index contributed by atoms with van der Waals surface area (Å²) in [5.74, 6) is -2.82. The summed E-state index contributed by atoms with van der Waals surface area (Å²) in [4.78, 5) is 35.4. The van der Waals surface area contributed by atoms with Gasteiger partial charge in [-0.15, -0.1) is 5.11 Å². The van der Waals surface area contributed by atoms with Crippen molar-refractivity contribution >= 4 is 104 Å². The molecule has 7 N–H and O–H groups in total. The van der Waals surface area contributed by atoms with Gasteiger partial charge in [0.15, 0.2) is 14.6 Å². The molecule has 5 aromatic carbocycles. The lowest BCUT2D eigenvalue weighted by Gasteiger charge is -2.19. The molecule has 7 rings (SSSR count). The molecule has 2 aliphatic rings. The average molecular weight is 834 g/mol. The summed E-state index contributed by atoms with van der Waals surface area (Å²) in [7, 11) is -8.96. The van der Waals surface area contributed by atoms with Gasteiger partial charge in [0.2, 0.25) is 5.78 Å². The number of Topliss-reactive ketones (excluding diaryl/α,β-unsaturated/α-hetero) is 1. The Morgan fingerprint density at radius 1 is 0.759 bits per heavy atom. The van der Waals surface area contributed by atoms with E-state index in [1.165, 1.54) is 12.2 Å². The molecule has 0 saturated heterocycles. The van der Waals surface area contributed by atoms with Crippen molar-refractivity contribution in [3.05, 3.63) is 137 Å². The highest BCUT2D eigenvalue weighted by Crippen LogP contribution is 2.35. The summed E-state index contributed by atoms with van der Waals surface area (Å²) in [5, 5.41) is 27.6. The number of nitrogen functional groups attached to an aromatic ring is 1. The maximum atomic E-state index is 13.6. The zero-order valence-electron chi connectivity index (χ0n) is 29.4. The largest absolute Gasteiger partial charge is 0.478 e. The summed E-state index contributed by atoms with van der Waals surface area (Å²) >= 11 is 4.78. The van der Waals surface area contributed by atoms with Gasteiger partial charge in [-0.05, 0) is 89.5 Å². The number of carbonyl (C=O) groups excluding carboxylic acids is 2. The lowest BCUT2D eigenvalue weighted by molar-refractivity contribution is -0.134. The Kier molecular flexibility index (Phi) is 10.5. The molecule has 2 aliphatic carbocycles. The Morgan fingerprint density at radius 3 is 2.09 bits per heavy atom. The van der Waals surface area contributed by atoms with Gasteiger partial charge in [-0.3, -0.25) is 25.0 Å². The van der Waals surface area contributed by atoms with Crippen LogP contribution in [0.15, 0.2) is 151 Å². The normalized spacial score (nSPS) is 16.6. The highest BCUT2D eigenvalue weighted by atomic mass is 32.8. The van der Waals surface area contributed by atoms with E-state index in [0.717, 1.165) is 35.4 Å². The number of hydrogen-bond acceptors (Lipinski definition) is 14. The van der Waals surface area contributed by atoms with Crippen LogP contribution in [0, 0.1) is 0 Å². The van der Waals surface area contributed by atoms with Crippen LogP contribution in [0.3, 0.4) is 0 Å². The van der Waals surface area contributed by atoms with Crippen molar-refractivity contribution in [3.63, 3.8) is 0 Å². The SMILES string of the molecule is Nc1cc(S(=O)(=O)O)cc2c1C(=O)C(=NNc1ccc(N=Nc3ccc(-c4ccc(NN=C5C=CC(=O)C(C(=O)O)=C5)cc4)cc3)c3ccccc13)C(S(=O)(O)=S)=C2. The summed E-state index contributed by atoms with van der Waals surface area (Å²) in [6.45, 7) is 0. The van der Waals surface area contributed by atoms with Gasteiger partial charge in [-0.1, -0.05) is 48.5 Å². The summed E-state index contributed by atoms with van der Waals surface area (Å²) in [6, 6.07) is 27.0. The van der Waals surface area contributed by atoms with Gasteiger partial charge in [0.25, 0.3) is 10.1 Å². The highest BCUT2D eigenvalue weighted by molar-refractivity contribution is 8.32. The molecule has 0 amide bonds. The molecule has 1 atom stereocenters. The number of fused-ring (bicyclic) bond motifs is 2. The number of benzene rings is 5. The van der Waals surface area contributed by atoms with Crippen LogP contribution < -0.4 is 16.6 Å². The second-order valence-corrected chi connectivity index (χ2v) is 16.7. The number of allylic oxidation sites excluding steroid dienone is 4. The number of ketones is 2. The minimum absolute atomic E-state index is 0.130. The second-order valence-electron chi connectivity index (χ2n) is 12.5. The lowest BCUT2D eigenvalue weighted by Crippen LogP contribution is -2.28. The Morgan fingerprint density at radius 2 is 1.43 bits per heavy atom. The third-order valence-electron chi connectivity index (χ3n) is 8.77. The summed E-state index contributed by atoms with van der Waals surface area (Å²) in [6.07, 6.45) is 4.81. The number of nitrogens with zero attached hydrogens (tertiary/aromatic N) is 4. The quantitative estimate of drug-likeness (QED) is 0.0209. The van der Waals surface area contributed by atoms with Crippen LogP contribution in [0.25, 0.3) is 28.0 Å². The smallest absolute Gasteiger partial charge is 0.339 e. The fraction of sp³-hybridized carbons (Fsp3) is 0. The zero-order valence-corrected chi connectivity index (χ0v) is 31.9. The molecule has 5 aromatic rings. The molecule has 0 spiro atoms. The van der Waals surface area contributed by atoms with Crippen molar-refractivity contribution in [1.29, 1.82) is 0 Å². The van der Waals surface area contributed by atoms with Gasteiger partial charge in [-0.2, -0.15) is 23.7 Å². The number of azo groups is 1. The van der Waals surface area contributed by atoms with Crippen LogP contribution in [0.5, 0.6) is 0 Å². The van der Waals surface area contributed by atoms with Gasteiger partial charge in [0.05, 0.1) is 43.8 Å². The van der Waals surface area contributed by atoms with E-state index in [0.29, 0.717) is 33.5 Å². The molecule has 0 aliphatic heterocycles. The number of hydrogen-bond donors (Lipinski definition) is 6. The van der Waals surface area contributed by atoms with Crippen molar-refractivity contribution < 1.29 is 41.2 Å². The number of aliphatic carboxylic acids is 1. The third kappa shape index (κ3) is 8.24. The van der Waals surface area contributed by atoms with Crippen molar-refractivity contribution in [2.24, 2.45) is 20.4 Å². The molecule has 58 heavy (non-hydrogen) atoms. The Balaban J connectivity index is 1.08. The average Bonchev–Trinajstić information content (AvgIpc) is 3.19. The summed E-state index contributed by atoms with van der Waals surface area (Å²) in [5.41, 5.74) is 14.3. The standard InChI is InChI=1S/C39H27N7O9S3/c40-31-20-27(57(51,52)53)17-23-18-35(58(54,55)56)37(38(48)36(23)31)46-45-33-15-14-32(28-3-1-2-4-29(28)33)44-42-25-11-7-22(8-12-25)21-5-9-24(10-6-21)41-43-26-13-16-34(47)30(19-26)39(49)50/h1-20,41,45H,40H2,(H,49,50)(H,51,52,53)(H,54,55,56). The van der Waals surface area contributed by atoms with E-state index in [1.807, 2.05) is 24.3 Å². The van der Waals surface area contributed by atoms with Crippen LogP contribution in [0.2, 0.25) is 0 Å². The molecule has 290 valence electrons. The van der Waals surface area contributed by atoms with Gasteiger partial charge in [-0.25, -0.2) is 9.00 Å². The number of carboxylic acids is 1. The van der Waals surface area contributed by atoms with Crippen LogP contribution in [-0.2, 0) is 39.7 Å². The fourth-order valence-electron chi connectivity index (χ4n) is 5.96. The molecule has 19 heteroatoms. The number of carbonyl (C=O) groups is 3.